The van der Waals surface area contributed by atoms with Gasteiger partial charge in [0.2, 0.25) is 5.91 Å². The van der Waals surface area contributed by atoms with Gasteiger partial charge in [0.15, 0.2) is 5.78 Å². The van der Waals surface area contributed by atoms with Gasteiger partial charge in [0.1, 0.15) is 6.04 Å². The molecule has 1 N–H and O–H groups in total. The molecular weight excluding hydrogens is 242 g/mol. The van der Waals surface area contributed by atoms with E-state index in [1.807, 2.05) is 0 Å². The molecule has 0 aromatic heterocycles. The summed E-state index contributed by atoms with van der Waals surface area (Å²) < 4.78 is -0.728. The zero-order chi connectivity index (χ0) is 12.8. The smallest absolute Gasteiger partial charge is 0.328 e. The first kappa shape index (κ1) is 12.2. The van der Waals surface area contributed by atoms with Crippen molar-refractivity contribution in [3.63, 3.8) is 0 Å². The fourth-order valence-corrected chi connectivity index (χ4v) is 3.88. The number of hydrogen-bond donors (Lipinski definition) is 1. The minimum absolute atomic E-state index is 0.0646. The third kappa shape index (κ3) is 1.86. The van der Waals surface area contributed by atoms with Crippen LogP contribution in [0.25, 0.3) is 0 Å². The zero-order valence-electron chi connectivity index (χ0n) is 9.54. The standard InChI is InChI=1S/C11H13NO4S/c1-6(13)3-4-11(2)9(10(15)16)12-7(14)5-8(12)17-11/h3-4,8-9H,5H2,1-2H3,(H,15,16)/t8-,9+,11+/m1/s1. The van der Waals surface area contributed by atoms with Crippen LogP contribution in [0.2, 0.25) is 0 Å². The number of ketones is 1. The Morgan fingerprint density at radius 3 is 2.71 bits per heavy atom. The van der Waals surface area contributed by atoms with E-state index < -0.39 is 16.8 Å². The van der Waals surface area contributed by atoms with Crippen LogP contribution in [-0.2, 0) is 14.4 Å². The summed E-state index contributed by atoms with van der Waals surface area (Å²) in [5.41, 5.74) is 0. The van der Waals surface area contributed by atoms with Crippen molar-refractivity contribution < 1.29 is 19.5 Å². The Morgan fingerprint density at radius 2 is 2.24 bits per heavy atom. The van der Waals surface area contributed by atoms with Gasteiger partial charge in [-0.05, 0) is 19.9 Å². The van der Waals surface area contributed by atoms with Crippen LogP contribution in [0.15, 0.2) is 12.2 Å². The average Bonchev–Trinajstić information content (AvgIpc) is 2.45. The van der Waals surface area contributed by atoms with E-state index in [4.69, 9.17) is 0 Å². The van der Waals surface area contributed by atoms with Crippen molar-refractivity contribution in [2.24, 2.45) is 0 Å². The molecule has 0 aliphatic carbocycles. The highest BCUT2D eigenvalue weighted by Crippen LogP contribution is 2.51. The monoisotopic (exact) mass is 255 g/mol. The van der Waals surface area contributed by atoms with Crippen molar-refractivity contribution >= 4 is 29.4 Å². The molecule has 2 aliphatic heterocycles. The number of β-lactam (4-membered cyclic amide) rings is 1. The number of aliphatic carboxylic acids is 1. The van der Waals surface area contributed by atoms with Gasteiger partial charge in [0.05, 0.1) is 16.5 Å². The van der Waals surface area contributed by atoms with Crippen LogP contribution < -0.4 is 0 Å². The fraction of sp³-hybridized carbons (Fsp3) is 0.545. The first-order valence-corrected chi connectivity index (χ1v) is 6.15. The third-order valence-electron chi connectivity index (χ3n) is 3.04. The van der Waals surface area contributed by atoms with E-state index in [1.165, 1.54) is 29.7 Å². The molecule has 3 atom stereocenters. The molecule has 2 saturated heterocycles. The summed E-state index contributed by atoms with van der Waals surface area (Å²) in [7, 11) is 0. The molecule has 2 fully saturated rings. The number of rotatable bonds is 3. The van der Waals surface area contributed by atoms with Gasteiger partial charge >= 0.3 is 5.97 Å². The number of nitrogens with zero attached hydrogens (tertiary/aromatic N) is 1. The predicted molar refractivity (Wildman–Crippen MR) is 62.5 cm³/mol. The topological polar surface area (TPSA) is 74.7 Å². The van der Waals surface area contributed by atoms with E-state index in [0.717, 1.165) is 0 Å². The van der Waals surface area contributed by atoms with Gasteiger partial charge in [-0.25, -0.2) is 4.79 Å². The Hall–Kier alpha value is -1.30. The van der Waals surface area contributed by atoms with Crippen LogP contribution >= 0.6 is 11.8 Å². The molecule has 0 unspecified atom stereocenters. The summed E-state index contributed by atoms with van der Waals surface area (Å²) in [5, 5.41) is 9.16. The number of hydrogen-bond acceptors (Lipinski definition) is 4. The second kappa shape index (κ2) is 3.87. The highest BCUT2D eigenvalue weighted by atomic mass is 32.2. The van der Waals surface area contributed by atoms with Gasteiger partial charge in [-0.2, -0.15) is 0 Å². The van der Waals surface area contributed by atoms with Crippen LogP contribution in [0.4, 0.5) is 0 Å². The Bertz CT molecular complexity index is 433. The summed E-state index contributed by atoms with van der Waals surface area (Å²) in [6.07, 6.45) is 3.36. The summed E-state index contributed by atoms with van der Waals surface area (Å²) in [4.78, 5) is 35.0. The number of carboxylic acids is 1. The number of allylic oxidation sites excluding steroid dienone is 1. The van der Waals surface area contributed by atoms with Crippen molar-refractivity contribution in [2.75, 3.05) is 0 Å². The van der Waals surface area contributed by atoms with E-state index in [9.17, 15) is 19.5 Å². The van der Waals surface area contributed by atoms with E-state index in [1.54, 1.807) is 13.0 Å². The van der Waals surface area contributed by atoms with E-state index >= 15 is 0 Å². The number of amides is 1. The molecule has 0 radical (unpaired) electrons. The number of fused-ring (bicyclic) bond motifs is 1. The zero-order valence-corrected chi connectivity index (χ0v) is 10.4. The molecule has 0 aromatic rings. The minimum Gasteiger partial charge on any atom is -0.480 e. The molecule has 2 aliphatic rings. The molecule has 1 amide bonds. The lowest BCUT2D eigenvalue weighted by Gasteiger charge is -2.36. The molecule has 17 heavy (non-hydrogen) atoms. The Balaban J connectivity index is 2.30. The van der Waals surface area contributed by atoms with Crippen molar-refractivity contribution in [1.29, 1.82) is 0 Å². The van der Waals surface area contributed by atoms with E-state index in [0.29, 0.717) is 6.42 Å². The first-order valence-electron chi connectivity index (χ1n) is 5.27. The minimum atomic E-state index is -1.02. The maximum Gasteiger partial charge on any atom is 0.328 e. The lowest BCUT2D eigenvalue weighted by atomic mass is 9.96. The Kier molecular flexibility index (Phi) is 2.77. The van der Waals surface area contributed by atoms with Crippen molar-refractivity contribution in [3.05, 3.63) is 12.2 Å². The van der Waals surface area contributed by atoms with Crippen LogP contribution in [-0.4, -0.2) is 43.8 Å². The molecule has 2 rings (SSSR count). The molecule has 5 nitrogen and oxygen atoms in total. The highest BCUT2D eigenvalue weighted by molar-refractivity contribution is 8.01. The van der Waals surface area contributed by atoms with Crippen molar-refractivity contribution in [3.8, 4) is 0 Å². The maximum absolute atomic E-state index is 11.4. The van der Waals surface area contributed by atoms with E-state index in [-0.39, 0.29) is 17.1 Å². The van der Waals surface area contributed by atoms with Crippen molar-refractivity contribution in [1.82, 2.24) is 4.90 Å². The molecule has 0 spiro atoms. The van der Waals surface area contributed by atoms with Gasteiger partial charge in [-0.15, -0.1) is 11.8 Å². The Labute approximate surface area is 103 Å². The summed E-state index contributed by atoms with van der Waals surface area (Å²) in [6, 6.07) is -0.880. The number of thioether (sulfide) groups is 1. The number of carbonyl (C=O) groups excluding carboxylic acids is 2. The highest BCUT2D eigenvalue weighted by Gasteiger charge is 2.59. The molecule has 0 saturated carbocycles. The first-order chi connectivity index (χ1) is 7.85. The van der Waals surface area contributed by atoms with Gasteiger partial charge in [0, 0.05) is 0 Å². The number of carboxylic acid groups (broad SMARTS) is 1. The molecule has 6 heteroatoms. The SMILES string of the molecule is CC(=O)C=C[C@]1(C)S[C@@H]2CC(=O)N2[C@H]1C(=O)O. The summed E-state index contributed by atoms with van der Waals surface area (Å²) >= 11 is 1.43. The number of carbonyl (C=O) groups is 3. The second-order valence-electron chi connectivity index (χ2n) is 4.45. The van der Waals surface area contributed by atoms with Gasteiger partial charge < -0.3 is 10.0 Å². The van der Waals surface area contributed by atoms with Crippen LogP contribution in [0.3, 0.4) is 0 Å². The molecular formula is C11H13NO4S. The normalized spacial score (nSPS) is 35.9. The molecule has 0 aromatic carbocycles. The third-order valence-corrected chi connectivity index (χ3v) is 4.57. The van der Waals surface area contributed by atoms with Gasteiger partial charge in [-0.3, -0.25) is 9.59 Å². The lowest BCUT2D eigenvalue weighted by Crippen LogP contribution is -2.57. The van der Waals surface area contributed by atoms with Crippen LogP contribution in [0, 0.1) is 0 Å². The van der Waals surface area contributed by atoms with Crippen molar-refractivity contribution in [2.45, 2.75) is 36.4 Å². The quantitative estimate of drug-likeness (QED) is 0.592. The predicted octanol–water partition coefficient (Wildman–Crippen LogP) is 0.649. The average molecular weight is 255 g/mol. The van der Waals surface area contributed by atoms with E-state index in [2.05, 4.69) is 0 Å². The fourth-order valence-electron chi connectivity index (χ4n) is 2.22. The summed E-state index contributed by atoms with van der Waals surface area (Å²) in [5.74, 6) is -1.28. The van der Waals surface area contributed by atoms with Gasteiger partial charge in [0.25, 0.3) is 0 Å². The second-order valence-corrected chi connectivity index (χ2v) is 6.11. The maximum atomic E-state index is 11.4. The molecule has 2 heterocycles. The van der Waals surface area contributed by atoms with Gasteiger partial charge in [-0.1, -0.05) is 6.08 Å². The largest absolute Gasteiger partial charge is 0.480 e. The summed E-state index contributed by atoms with van der Waals surface area (Å²) in [6.45, 7) is 3.16. The van der Waals surface area contributed by atoms with Crippen LogP contribution in [0.1, 0.15) is 20.3 Å². The lowest BCUT2D eigenvalue weighted by molar-refractivity contribution is -0.156. The van der Waals surface area contributed by atoms with Crippen LogP contribution in [0.5, 0.6) is 0 Å². The molecule has 92 valence electrons. The Morgan fingerprint density at radius 1 is 1.59 bits per heavy atom. The molecule has 0 bridgehead atoms.